The van der Waals surface area contributed by atoms with Crippen LogP contribution in [0.4, 0.5) is 13.2 Å². The van der Waals surface area contributed by atoms with Crippen LogP contribution >= 0.6 is 11.8 Å². The standard InChI is InChI=1S/C12H15F3OS/c1-3-4-5-9-6-7-10(8-11(9)17-2)16-12(13,14)15/h6-8H,3-5H2,1-2H3. The number of halogens is 3. The Kier molecular flexibility index (Phi) is 5.18. The Labute approximate surface area is 103 Å². The third kappa shape index (κ3) is 4.89. The molecule has 1 nitrogen and oxygen atoms in total. The van der Waals surface area contributed by atoms with Crippen LogP contribution in [0.2, 0.25) is 0 Å². The van der Waals surface area contributed by atoms with Gasteiger partial charge in [0.15, 0.2) is 0 Å². The molecule has 0 bridgehead atoms. The van der Waals surface area contributed by atoms with Crippen molar-refractivity contribution in [3.63, 3.8) is 0 Å². The van der Waals surface area contributed by atoms with Crippen LogP contribution < -0.4 is 4.74 Å². The summed E-state index contributed by atoms with van der Waals surface area (Å²) in [5, 5.41) is 0. The molecular formula is C12H15F3OS. The first-order valence-electron chi connectivity index (χ1n) is 5.39. The van der Waals surface area contributed by atoms with Crippen LogP contribution in [0.1, 0.15) is 25.3 Å². The molecule has 0 saturated carbocycles. The van der Waals surface area contributed by atoms with Crippen molar-refractivity contribution in [2.24, 2.45) is 0 Å². The van der Waals surface area contributed by atoms with Crippen molar-refractivity contribution >= 4 is 11.8 Å². The third-order valence-corrected chi connectivity index (χ3v) is 3.11. The molecule has 1 rings (SSSR count). The van der Waals surface area contributed by atoms with E-state index in [4.69, 9.17) is 0 Å². The molecule has 0 spiro atoms. The van der Waals surface area contributed by atoms with Crippen LogP contribution in [0.5, 0.6) is 5.75 Å². The molecular weight excluding hydrogens is 249 g/mol. The lowest BCUT2D eigenvalue weighted by Gasteiger charge is -2.12. The molecule has 0 saturated heterocycles. The maximum atomic E-state index is 12.1. The first kappa shape index (κ1) is 14.2. The maximum absolute atomic E-state index is 12.1. The Bertz CT molecular complexity index is 363. The van der Waals surface area contributed by atoms with E-state index < -0.39 is 6.36 Å². The molecule has 0 heterocycles. The van der Waals surface area contributed by atoms with Gasteiger partial charge in [0, 0.05) is 4.90 Å². The van der Waals surface area contributed by atoms with Gasteiger partial charge in [0.05, 0.1) is 0 Å². The van der Waals surface area contributed by atoms with Gasteiger partial charge < -0.3 is 4.74 Å². The molecule has 1 aromatic rings. The van der Waals surface area contributed by atoms with E-state index in [2.05, 4.69) is 11.7 Å². The van der Waals surface area contributed by atoms with E-state index in [-0.39, 0.29) is 5.75 Å². The summed E-state index contributed by atoms with van der Waals surface area (Å²) in [6.07, 6.45) is 0.212. The van der Waals surface area contributed by atoms with E-state index in [0.29, 0.717) is 0 Å². The second-order valence-electron chi connectivity index (χ2n) is 3.63. The summed E-state index contributed by atoms with van der Waals surface area (Å²) >= 11 is 1.44. The van der Waals surface area contributed by atoms with E-state index >= 15 is 0 Å². The van der Waals surface area contributed by atoms with Gasteiger partial charge in [-0.3, -0.25) is 0 Å². The molecule has 0 amide bonds. The van der Waals surface area contributed by atoms with Gasteiger partial charge in [-0.1, -0.05) is 19.4 Å². The summed E-state index contributed by atoms with van der Waals surface area (Å²) in [5.41, 5.74) is 1.08. The largest absolute Gasteiger partial charge is 0.573 e. The van der Waals surface area contributed by atoms with Gasteiger partial charge >= 0.3 is 6.36 Å². The molecule has 1 aromatic carbocycles. The second-order valence-corrected chi connectivity index (χ2v) is 4.47. The molecule has 0 aliphatic carbocycles. The van der Waals surface area contributed by atoms with Crippen molar-refractivity contribution in [1.29, 1.82) is 0 Å². The molecule has 0 radical (unpaired) electrons. The van der Waals surface area contributed by atoms with Crippen LogP contribution in [0.3, 0.4) is 0 Å². The molecule has 0 unspecified atom stereocenters. The predicted molar refractivity (Wildman–Crippen MR) is 63.5 cm³/mol. The van der Waals surface area contributed by atoms with Crippen LogP contribution in [-0.2, 0) is 6.42 Å². The summed E-state index contributed by atoms with van der Waals surface area (Å²) in [7, 11) is 0. The highest BCUT2D eigenvalue weighted by Gasteiger charge is 2.31. The monoisotopic (exact) mass is 264 g/mol. The number of aryl methyl sites for hydroxylation is 1. The number of hydrogen-bond acceptors (Lipinski definition) is 2. The number of unbranched alkanes of at least 4 members (excludes halogenated alkanes) is 1. The lowest BCUT2D eigenvalue weighted by Crippen LogP contribution is -2.17. The normalized spacial score (nSPS) is 11.6. The summed E-state index contributed by atoms with van der Waals surface area (Å²) in [6.45, 7) is 2.08. The van der Waals surface area contributed by atoms with Crippen molar-refractivity contribution in [3.8, 4) is 5.75 Å². The van der Waals surface area contributed by atoms with E-state index in [1.807, 2.05) is 6.26 Å². The molecule has 0 aliphatic rings. The molecule has 0 N–H and O–H groups in total. The average molecular weight is 264 g/mol. The number of hydrogen-bond donors (Lipinski definition) is 0. The lowest BCUT2D eigenvalue weighted by atomic mass is 10.1. The highest BCUT2D eigenvalue weighted by molar-refractivity contribution is 7.98. The highest BCUT2D eigenvalue weighted by Crippen LogP contribution is 2.30. The van der Waals surface area contributed by atoms with E-state index in [1.165, 1.54) is 23.9 Å². The number of rotatable bonds is 5. The van der Waals surface area contributed by atoms with Gasteiger partial charge in [-0.05, 0) is 36.8 Å². The molecule has 0 aromatic heterocycles. The summed E-state index contributed by atoms with van der Waals surface area (Å²) in [5.74, 6) is -0.151. The van der Waals surface area contributed by atoms with Gasteiger partial charge in [-0.15, -0.1) is 24.9 Å². The minimum absolute atomic E-state index is 0.151. The van der Waals surface area contributed by atoms with E-state index in [0.717, 1.165) is 29.7 Å². The van der Waals surface area contributed by atoms with E-state index in [1.54, 1.807) is 6.07 Å². The Balaban J connectivity index is 2.84. The van der Waals surface area contributed by atoms with Gasteiger partial charge in [0.1, 0.15) is 5.75 Å². The predicted octanol–water partition coefficient (Wildman–Crippen LogP) is 4.65. The molecule has 96 valence electrons. The maximum Gasteiger partial charge on any atom is 0.573 e. The fourth-order valence-corrected chi connectivity index (χ4v) is 2.16. The second kappa shape index (κ2) is 6.19. The lowest BCUT2D eigenvalue weighted by molar-refractivity contribution is -0.274. The van der Waals surface area contributed by atoms with Gasteiger partial charge in [0.25, 0.3) is 0 Å². The zero-order valence-electron chi connectivity index (χ0n) is 9.80. The number of benzene rings is 1. The molecule has 0 aliphatic heterocycles. The van der Waals surface area contributed by atoms with Crippen molar-refractivity contribution in [3.05, 3.63) is 23.8 Å². The van der Waals surface area contributed by atoms with Gasteiger partial charge in [0.2, 0.25) is 0 Å². The van der Waals surface area contributed by atoms with Crippen molar-refractivity contribution in [2.75, 3.05) is 6.26 Å². The first-order valence-corrected chi connectivity index (χ1v) is 6.61. The van der Waals surface area contributed by atoms with E-state index in [9.17, 15) is 13.2 Å². The average Bonchev–Trinajstić information content (AvgIpc) is 2.25. The van der Waals surface area contributed by atoms with Crippen LogP contribution in [0, 0.1) is 0 Å². The van der Waals surface area contributed by atoms with Crippen LogP contribution in [0.25, 0.3) is 0 Å². The fourth-order valence-electron chi connectivity index (χ4n) is 1.50. The minimum atomic E-state index is -4.62. The van der Waals surface area contributed by atoms with Crippen LogP contribution in [-0.4, -0.2) is 12.6 Å². The quantitative estimate of drug-likeness (QED) is 0.716. The zero-order valence-corrected chi connectivity index (χ0v) is 10.6. The topological polar surface area (TPSA) is 9.23 Å². The highest BCUT2D eigenvalue weighted by atomic mass is 32.2. The molecule has 17 heavy (non-hydrogen) atoms. The van der Waals surface area contributed by atoms with Crippen molar-refractivity contribution in [2.45, 2.75) is 37.4 Å². The van der Waals surface area contributed by atoms with Crippen molar-refractivity contribution < 1.29 is 17.9 Å². The molecule has 0 fully saturated rings. The minimum Gasteiger partial charge on any atom is -0.406 e. The Hall–Kier alpha value is -0.840. The summed E-state index contributed by atoms with van der Waals surface area (Å²) < 4.78 is 40.0. The van der Waals surface area contributed by atoms with Crippen molar-refractivity contribution in [1.82, 2.24) is 0 Å². The summed E-state index contributed by atoms with van der Waals surface area (Å²) in [4.78, 5) is 0.847. The Morgan fingerprint density at radius 1 is 1.29 bits per heavy atom. The van der Waals surface area contributed by atoms with Gasteiger partial charge in [-0.2, -0.15) is 0 Å². The number of ether oxygens (including phenoxy) is 1. The first-order chi connectivity index (χ1) is 7.96. The smallest absolute Gasteiger partial charge is 0.406 e. The zero-order chi connectivity index (χ0) is 12.9. The third-order valence-electron chi connectivity index (χ3n) is 2.29. The number of alkyl halides is 3. The summed E-state index contributed by atoms with van der Waals surface area (Å²) in [6, 6.07) is 4.53. The number of thioether (sulfide) groups is 1. The Morgan fingerprint density at radius 2 is 2.00 bits per heavy atom. The SMILES string of the molecule is CCCCc1ccc(OC(F)(F)F)cc1SC. The Morgan fingerprint density at radius 3 is 2.53 bits per heavy atom. The molecule has 5 heteroatoms. The fraction of sp³-hybridized carbons (Fsp3) is 0.500. The van der Waals surface area contributed by atoms with Gasteiger partial charge in [-0.25, -0.2) is 0 Å². The molecule has 0 atom stereocenters. The van der Waals surface area contributed by atoms with Crippen LogP contribution in [0.15, 0.2) is 23.1 Å².